The van der Waals surface area contributed by atoms with E-state index in [1.807, 2.05) is 0 Å². The van der Waals surface area contributed by atoms with Gasteiger partial charge in [-0.25, -0.2) is 0 Å². The quantitative estimate of drug-likeness (QED) is 0.441. The predicted molar refractivity (Wildman–Crippen MR) is 38.7 cm³/mol. The highest BCUT2D eigenvalue weighted by Crippen LogP contribution is 1.88. The Bertz CT molecular complexity index is 122. The molecule has 1 rings (SSSR count). The average molecular weight is 143 g/mol. The molecule has 0 atom stereocenters. The summed E-state index contributed by atoms with van der Waals surface area (Å²) >= 11 is 0. The number of nitrogens with one attached hydrogen (secondary N) is 3. The fraction of sp³-hybridized carbons (Fsp3) is 0.833. The van der Waals surface area contributed by atoms with Crippen molar-refractivity contribution in [2.24, 2.45) is 0 Å². The van der Waals surface area contributed by atoms with E-state index in [0.29, 0.717) is 12.6 Å². The molecular weight excluding hydrogens is 130 g/mol. The second-order valence-corrected chi connectivity index (χ2v) is 2.41. The highest BCUT2D eigenvalue weighted by Gasteiger charge is 2.15. The first-order valence-electron chi connectivity index (χ1n) is 3.47. The Hall–Kier alpha value is -0.610. The van der Waals surface area contributed by atoms with Crippen LogP contribution in [0.3, 0.4) is 0 Å². The van der Waals surface area contributed by atoms with Crippen molar-refractivity contribution in [3.63, 3.8) is 0 Å². The topological polar surface area (TPSA) is 53.2 Å². The second-order valence-electron chi connectivity index (χ2n) is 2.41. The summed E-state index contributed by atoms with van der Waals surface area (Å²) in [5.74, 6) is 0.0481. The van der Waals surface area contributed by atoms with Crippen molar-refractivity contribution in [3.8, 4) is 0 Å². The molecule has 4 heteroatoms. The average Bonchev–Trinajstić information content (AvgIpc) is 1.84. The minimum Gasteiger partial charge on any atom is -0.358 e. The highest BCUT2D eigenvalue weighted by molar-refractivity contribution is 5.77. The number of carbonyl (C=O) groups is 1. The van der Waals surface area contributed by atoms with Crippen LogP contribution in [0, 0.1) is 0 Å². The minimum absolute atomic E-state index is 0.0481. The Labute approximate surface area is 60.4 Å². The van der Waals surface area contributed by atoms with Gasteiger partial charge in [0, 0.05) is 26.2 Å². The monoisotopic (exact) mass is 143 g/mol. The van der Waals surface area contributed by atoms with Gasteiger partial charge in [-0.1, -0.05) is 0 Å². The van der Waals surface area contributed by atoms with Gasteiger partial charge in [-0.15, -0.1) is 0 Å². The maximum absolute atomic E-state index is 10.7. The first-order chi connectivity index (χ1) is 4.83. The number of carbonyl (C=O) groups excluding carboxylic acids is 1. The molecule has 0 aromatic heterocycles. The van der Waals surface area contributed by atoms with Gasteiger partial charge in [-0.3, -0.25) is 4.79 Å². The minimum atomic E-state index is 0.0481. The third-order valence-electron chi connectivity index (χ3n) is 1.61. The van der Waals surface area contributed by atoms with Gasteiger partial charge in [0.2, 0.25) is 5.91 Å². The van der Waals surface area contributed by atoms with Gasteiger partial charge in [0.05, 0.1) is 6.54 Å². The van der Waals surface area contributed by atoms with E-state index in [2.05, 4.69) is 16.0 Å². The zero-order chi connectivity index (χ0) is 7.40. The first-order valence-corrected chi connectivity index (χ1v) is 3.47. The van der Waals surface area contributed by atoms with Crippen LogP contribution in [0.15, 0.2) is 0 Å². The third kappa shape index (κ3) is 1.97. The van der Waals surface area contributed by atoms with Crippen molar-refractivity contribution >= 4 is 5.91 Å². The summed E-state index contributed by atoms with van der Waals surface area (Å²) < 4.78 is 0. The van der Waals surface area contributed by atoms with E-state index in [1.165, 1.54) is 0 Å². The third-order valence-corrected chi connectivity index (χ3v) is 1.61. The van der Waals surface area contributed by atoms with Crippen LogP contribution in [-0.4, -0.2) is 38.6 Å². The Balaban J connectivity index is 1.98. The molecule has 0 spiro atoms. The van der Waals surface area contributed by atoms with Crippen LogP contribution >= 0.6 is 0 Å². The summed E-state index contributed by atoms with van der Waals surface area (Å²) in [6.07, 6.45) is 0. The second kappa shape index (κ2) is 3.53. The Morgan fingerprint density at radius 3 is 2.80 bits per heavy atom. The summed E-state index contributed by atoms with van der Waals surface area (Å²) in [6, 6.07) is 0.497. The summed E-state index contributed by atoms with van der Waals surface area (Å²) in [4.78, 5) is 10.7. The maximum Gasteiger partial charge on any atom is 0.233 e. The molecule has 58 valence electrons. The van der Waals surface area contributed by atoms with Crippen LogP contribution in [0.25, 0.3) is 0 Å². The van der Waals surface area contributed by atoms with Crippen LogP contribution < -0.4 is 16.0 Å². The molecule has 0 aromatic carbocycles. The highest BCUT2D eigenvalue weighted by atomic mass is 16.1. The molecule has 1 heterocycles. The van der Waals surface area contributed by atoms with E-state index in [0.717, 1.165) is 13.1 Å². The van der Waals surface area contributed by atoms with Crippen LogP contribution in [-0.2, 0) is 4.79 Å². The van der Waals surface area contributed by atoms with Gasteiger partial charge < -0.3 is 16.0 Å². The molecule has 0 aromatic rings. The molecular formula is C6H13N3O. The molecule has 3 N–H and O–H groups in total. The van der Waals surface area contributed by atoms with E-state index in [-0.39, 0.29) is 5.91 Å². The molecule has 1 amide bonds. The van der Waals surface area contributed by atoms with Crippen molar-refractivity contribution in [3.05, 3.63) is 0 Å². The van der Waals surface area contributed by atoms with Crippen LogP contribution in [0.4, 0.5) is 0 Å². The molecule has 0 saturated carbocycles. The summed E-state index contributed by atoms with van der Waals surface area (Å²) in [5, 5.41) is 8.75. The van der Waals surface area contributed by atoms with E-state index in [9.17, 15) is 4.79 Å². The lowest BCUT2D eigenvalue weighted by Gasteiger charge is -2.27. The lowest BCUT2D eigenvalue weighted by molar-refractivity contribution is -0.119. The molecule has 4 nitrogen and oxygen atoms in total. The fourth-order valence-electron chi connectivity index (χ4n) is 0.758. The van der Waals surface area contributed by atoms with Crippen molar-refractivity contribution in [2.45, 2.75) is 6.04 Å². The van der Waals surface area contributed by atoms with E-state index in [1.54, 1.807) is 7.05 Å². The normalized spacial score (nSPS) is 18.1. The number of hydrogen-bond donors (Lipinski definition) is 3. The van der Waals surface area contributed by atoms with Gasteiger partial charge in [0.15, 0.2) is 0 Å². The number of rotatable bonds is 3. The molecule has 0 radical (unpaired) electrons. The van der Waals surface area contributed by atoms with E-state index >= 15 is 0 Å². The smallest absolute Gasteiger partial charge is 0.233 e. The van der Waals surface area contributed by atoms with Gasteiger partial charge in [0.1, 0.15) is 0 Å². The van der Waals surface area contributed by atoms with Crippen LogP contribution in [0.2, 0.25) is 0 Å². The van der Waals surface area contributed by atoms with Gasteiger partial charge >= 0.3 is 0 Å². The van der Waals surface area contributed by atoms with E-state index in [4.69, 9.17) is 0 Å². The largest absolute Gasteiger partial charge is 0.358 e. The van der Waals surface area contributed by atoms with Crippen molar-refractivity contribution in [1.29, 1.82) is 0 Å². The number of hydrogen-bond acceptors (Lipinski definition) is 3. The molecule has 1 aliphatic heterocycles. The van der Waals surface area contributed by atoms with Crippen molar-refractivity contribution < 1.29 is 4.79 Å². The summed E-state index contributed by atoms with van der Waals surface area (Å²) in [6.45, 7) is 2.40. The van der Waals surface area contributed by atoms with Gasteiger partial charge in [-0.2, -0.15) is 0 Å². The lowest BCUT2D eigenvalue weighted by atomic mass is 10.2. The zero-order valence-electron chi connectivity index (χ0n) is 6.11. The summed E-state index contributed by atoms with van der Waals surface area (Å²) in [5.41, 5.74) is 0. The molecule has 10 heavy (non-hydrogen) atoms. The first kappa shape index (κ1) is 7.50. The molecule has 1 saturated heterocycles. The van der Waals surface area contributed by atoms with Crippen molar-refractivity contribution in [2.75, 3.05) is 26.7 Å². The molecule has 0 aliphatic carbocycles. The van der Waals surface area contributed by atoms with Crippen LogP contribution in [0.5, 0.6) is 0 Å². The SMILES string of the molecule is CNC(=O)CNC1CNC1. The molecule has 1 aliphatic rings. The molecule has 0 bridgehead atoms. The Morgan fingerprint density at radius 2 is 2.40 bits per heavy atom. The molecule has 0 unspecified atom stereocenters. The standard InChI is InChI=1S/C6H13N3O/c1-7-6(10)4-9-5-2-8-3-5/h5,8-9H,2-4H2,1H3,(H,7,10). The van der Waals surface area contributed by atoms with E-state index < -0.39 is 0 Å². The van der Waals surface area contributed by atoms with Gasteiger partial charge in [-0.05, 0) is 0 Å². The zero-order valence-corrected chi connectivity index (χ0v) is 6.11. The Morgan fingerprint density at radius 1 is 1.70 bits per heavy atom. The Kier molecular flexibility index (Phi) is 2.65. The lowest BCUT2D eigenvalue weighted by Crippen LogP contribution is -2.56. The predicted octanol–water partition coefficient (Wildman–Crippen LogP) is -1.71. The summed E-state index contributed by atoms with van der Waals surface area (Å²) in [7, 11) is 1.64. The van der Waals surface area contributed by atoms with Crippen molar-refractivity contribution in [1.82, 2.24) is 16.0 Å². The number of likely N-dealkylation sites (N-methyl/N-ethyl adjacent to an activating group) is 1. The van der Waals surface area contributed by atoms with Crippen LogP contribution in [0.1, 0.15) is 0 Å². The van der Waals surface area contributed by atoms with Gasteiger partial charge in [0.25, 0.3) is 0 Å². The maximum atomic E-state index is 10.7. The molecule has 1 fully saturated rings. The fourth-order valence-corrected chi connectivity index (χ4v) is 0.758. The number of amides is 1.